The van der Waals surface area contributed by atoms with Crippen molar-refractivity contribution in [3.63, 3.8) is 0 Å². The lowest BCUT2D eigenvalue weighted by Gasteiger charge is -2.04. The van der Waals surface area contributed by atoms with Crippen molar-refractivity contribution >= 4 is 38.4 Å². The van der Waals surface area contributed by atoms with Crippen LogP contribution in [-0.2, 0) is 19.3 Å². The van der Waals surface area contributed by atoms with E-state index in [4.69, 9.17) is 4.42 Å². The van der Waals surface area contributed by atoms with Gasteiger partial charge in [-0.05, 0) is 43.0 Å². The molecule has 0 bridgehead atoms. The molecule has 0 radical (unpaired) electrons. The minimum absolute atomic E-state index is 0.297. The van der Waals surface area contributed by atoms with Gasteiger partial charge in [0.1, 0.15) is 5.52 Å². The van der Waals surface area contributed by atoms with Gasteiger partial charge >= 0.3 is 0 Å². The van der Waals surface area contributed by atoms with Crippen LogP contribution in [0.5, 0.6) is 0 Å². The van der Waals surface area contributed by atoms with Crippen LogP contribution in [-0.4, -0.2) is 4.98 Å². The summed E-state index contributed by atoms with van der Waals surface area (Å²) in [5, 5.41) is 0. The Bertz CT molecular complexity index is 706. The van der Waals surface area contributed by atoms with Crippen LogP contribution < -0.4 is 0 Å². The minimum atomic E-state index is 0.297. The van der Waals surface area contributed by atoms with Crippen molar-refractivity contribution in [3.8, 4) is 0 Å². The van der Waals surface area contributed by atoms with Crippen molar-refractivity contribution in [3.05, 3.63) is 51.5 Å². The first-order chi connectivity index (χ1) is 9.79. The number of hydrogen-bond acceptors (Lipinski definition) is 3. The van der Waals surface area contributed by atoms with E-state index in [2.05, 4.69) is 27.0 Å². The van der Waals surface area contributed by atoms with Gasteiger partial charge in [-0.3, -0.25) is 0 Å². The maximum atomic E-state index is 5.80. The Morgan fingerprint density at radius 2 is 2.20 bits per heavy atom. The predicted octanol–water partition coefficient (Wildman–Crippen LogP) is 5.06. The molecule has 20 heavy (non-hydrogen) atoms. The average molecular weight is 348 g/mol. The smallest absolute Gasteiger partial charge is 0.196 e. The third kappa shape index (κ3) is 2.21. The molecule has 4 rings (SSSR count). The van der Waals surface area contributed by atoms with Crippen LogP contribution in [0.3, 0.4) is 0 Å². The van der Waals surface area contributed by atoms with Crippen LogP contribution in [0.2, 0.25) is 0 Å². The highest BCUT2D eigenvalue weighted by atomic mass is 79.9. The van der Waals surface area contributed by atoms with Gasteiger partial charge in [-0.25, -0.2) is 4.98 Å². The summed E-state index contributed by atoms with van der Waals surface area (Å²) in [6, 6.07) is 10.3. The Morgan fingerprint density at radius 1 is 1.30 bits per heavy atom. The fourth-order valence-corrected chi connectivity index (χ4v) is 4.69. The molecule has 102 valence electrons. The summed E-state index contributed by atoms with van der Waals surface area (Å²) in [6.07, 6.45) is 4.62. The second-order valence-electron chi connectivity index (χ2n) is 5.20. The molecule has 0 saturated carbocycles. The topological polar surface area (TPSA) is 26.0 Å². The van der Waals surface area contributed by atoms with Crippen molar-refractivity contribution in [2.45, 2.75) is 30.5 Å². The number of hydrogen-bond donors (Lipinski definition) is 0. The summed E-state index contributed by atoms with van der Waals surface area (Å²) in [5.41, 5.74) is 3.36. The first-order valence-corrected chi connectivity index (χ1v) is 8.63. The molecular formula is C16H14BrNOS. The fraction of sp³-hybridized carbons (Fsp3) is 0.312. The van der Waals surface area contributed by atoms with Gasteiger partial charge in [-0.15, -0.1) is 11.3 Å². The molecule has 3 aromatic rings. The zero-order valence-electron chi connectivity index (χ0n) is 10.9. The van der Waals surface area contributed by atoms with Crippen LogP contribution in [0.25, 0.3) is 11.1 Å². The highest BCUT2D eigenvalue weighted by Gasteiger charge is 2.20. The third-order valence-corrected chi connectivity index (χ3v) is 6.24. The van der Waals surface area contributed by atoms with Crippen molar-refractivity contribution in [2.75, 3.05) is 0 Å². The van der Waals surface area contributed by atoms with E-state index in [1.165, 1.54) is 24.1 Å². The Kier molecular flexibility index (Phi) is 3.15. The first-order valence-electron chi connectivity index (χ1n) is 6.89. The van der Waals surface area contributed by atoms with Crippen LogP contribution in [0.4, 0.5) is 0 Å². The molecule has 4 heteroatoms. The standard InChI is InChI=1S/C16H14BrNOS/c17-11(15-8-10-4-3-7-14(10)20-15)9-16-18-12-5-1-2-6-13(12)19-16/h1-2,5-6,8,11H,3-4,7,9H2. The molecule has 2 heterocycles. The predicted molar refractivity (Wildman–Crippen MR) is 85.7 cm³/mol. The molecule has 0 N–H and O–H groups in total. The lowest BCUT2D eigenvalue weighted by Crippen LogP contribution is -1.93. The van der Waals surface area contributed by atoms with Crippen LogP contribution in [0.15, 0.2) is 34.7 Å². The van der Waals surface area contributed by atoms with E-state index < -0.39 is 0 Å². The van der Waals surface area contributed by atoms with E-state index in [0.717, 1.165) is 23.4 Å². The molecule has 1 aromatic carbocycles. The van der Waals surface area contributed by atoms with Gasteiger partial charge in [0.2, 0.25) is 0 Å². The van der Waals surface area contributed by atoms with Gasteiger partial charge in [0.25, 0.3) is 0 Å². The minimum Gasteiger partial charge on any atom is -0.441 e. The summed E-state index contributed by atoms with van der Waals surface area (Å²) in [5.74, 6) is 0.807. The highest BCUT2D eigenvalue weighted by molar-refractivity contribution is 9.09. The van der Waals surface area contributed by atoms with Crippen molar-refractivity contribution in [2.24, 2.45) is 0 Å². The average Bonchev–Trinajstić information content (AvgIpc) is 3.11. The van der Waals surface area contributed by atoms with Gasteiger partial charge in [-0.2, -0.15) is 0 Å². The molecule has 1 unspecified atom stereocenters. The van der Waals surface area contributed by atoms with Crippen LogP contribution >= 0.6 is 27.3 Å². The molecule has 0 fully saturated rings. The number of thiophene rings is 1. The summed E-state index contributed by atoms with van der Waals surface area (Å²) in [6.45, 7) is 0. The summed E-state index contributed by atoms with van der Waals surface area (Å²) >= 11 is 5.73. The number of alkyl halides is 1. The number of nitrogens with zero attached hydrogens (tertiary/aromatic N) is 1. The Labute approximate surface area is 130 Å². The monoisotopic (exact) mass is 347 g/mol. The number of aromatic nitrogens is 1. The number of rotatable bonds is 3. The quantitative estimate of drug-likeness (QED) is 0.619. The zero-order chi connectivity index (χ0) is 13.5. The lowest BCUT2D eigenvalue weighted by molar-refractivity contribution is 0.528. The van der Waals surface area contributed by atoms with Gasteiger partial charge in [0, 0.05) is 16.2 Å². The molecule has 1 atom stereocenters. The van der Waals surface area contributed by atoms with Gasteiger partial charge < -0.3 is 4.42 Å². The SMILES string of the molecule is BrC(Cc1nc2ccccc2o1)c1cc2c(s1)CCC2. The second kappa shape index (κ2) is 5.01. The largest absolute Gasteiger partial charge is 0.441 e. The summed E-state index contributed by atoms with van der Waals surface area (Å²) in [4.78, 5) is 7.82. The Hall–Kier alpha value is -1.13. The summed E-state index contributed by atoms with van der Waals surface area (Å²) in [7, 11) is 0. The number of aryl methyl sites for hydroxylation is 2. The first kappa shape index (κ1) is 12.6. The van der Waals surface area contributed by atoms with Gasteiger partial charge in [0.05, 0.1) is 4.83 Å². The fourth-order valence-electron chi connectivity index (χ4n) is 2.77. The summed E-state index contributed by atoms with van der Waals surface area (Å²) < 4.78 is 5.80. The van der Waals surface area contributed by atoms with Gasteiger partial charge in [-0.1, -0.05) is 28.1 Å². The van der Waals surface area contributed by atoms with Crippen molar-refractivity contribution < 1.29 is 4.42 Å². The normalized spacial score (nSPS) is 15.7. The molecule has 0 saturated heterocycles. The number of para-hydroxylation sites is 2. The Morgan fingerprint density at radius 3 is 3.05 bits per heavy atom. The van der Waals surface area contributed by atoms with E-state index in [1.54, 1.807) is 10.4 Å². The molecule has 1 aliphatic rings. The van der Waals surface area contributed by atoms with Crippen molar-refractivity contribution in [1.29, 1.82) is 0 Å². The molecule has 2 aromatic heterocycles. The lowest BCUT2D eigenvalue weighted by atomic mass is 10.2. The molecule has 0 aliphatic heterocycles. The highest BCUT2D eigenvalue weighted by Crippen LogP contribution is 2.38. The van der Waals surface area contributed by atoms with Crippen LogP contribution in [0.1, 0.15) is 32.5 Å². The van der Waals surface area contributed by atoms with Crippen LogP contribution in [0, 0.1) is 0 Å². The molecule has 1 aliphatic carbocycles. The molecular weight excluding hydrogens is 334 g/mol. The van der Waals surface area contributed by atoms with E-state index in [-0.39, 0.29) is 0 Å². The van der Waals surface area contributed by atoms with E-state index in [0.29, 0.717) is 4.83 Å². The van der Waals surface area contributed by atoms with Gasteiger partial charge in [0.15, 0.2) is 11.5 Å². The molecule has 2 nitrogen and oxygen atoms in total. The van der Waals surface area contributed by atoms with E-state index in [1.807, 2.05) is 35.6 Å². The maximum Gasteiger partial charge on any atom is 0.196 e. The number of halogens is 1. The molecule has 0 amide bonds. The Balaban J connectivity index is 1.57. The second-order valence-corrected chi connectivity index (χ2v) is 7.47. The van der Waals surface area contributed by atoms with Crippen molar-refractivity contribution in [1.82, 2.24) is 4.98 Å². The zero-order valence-corrected chi connectivity index (χ0v) is 13.3. The maximum absolute atomic E-state index is 5.80. The third-order valence-electron chi connectivity index (χ3n) is 3.77. The number of oxazole rings is 1. The number of benzene rings is 1. The van der Waals surface area contributed by atoms with E-state index in [9.17, 15) is 0 Å². The molecule has 0 spiro atoms. The number of fused-ring (bicyclic) bond motifs is 2. The van der Waals surface area contributed by atoms with E-state index >= 15 is 0 Å².